The van der Waals surface area contributed by atoms with Gasteiger partial charge in [0.15, 0.2) is 0 Å². The number of nitro groups is 1. The predicted octanol–water partition coefficient (Wildman–Crippen LogP) is 3.37. The lowest BCUT2D eigenvalue weighted by Crippen LogP contribution is -2.04. The number of hydrogen-bond acceptors (Lipinski definition) is 5. The molecule has 7 heteroatoms. The first-order valence-corrected chi connectivity index (χ1v) is 6.52. The highest BCUT2D eigenvalue weighted by atomic mass is 32.1. The summed E-state index contributed by atoms with van der Waals surface area (Å²) in [7, 11) is 0. The highest BCUT2D eigenvalue weighted by molar-refractivity contribution is 7.16. The number of anilines is 1. The van der Waals surface area contributed by atoms with Gasteiger partial charge in [0.2, 0.25) is 5.91 Å². The number of carbonyl (C=O) groups is 1. The minimum atomic E-state index is -0.426. The Balaban J connectivity index is 2.06. The molecule has 0 aliphatic heterocycles. The van der Waals surface area contributed by atoms with Gasteiger partial charge in [0.25, 0.3) is 0 Å². The molecule has 1 aromatic heterocycles. The quantitative estimate of drug-likeness (QED) is 0.532. The number of amides is 1. The third-order valence-corrected chi connectivity index (χ3v) is 3.29. The smallest absolute Gasteiger partial charge is 0.324 e. The minimum absolute atomic E-state index is 0.0902. The number of aliphatic imine (C=N–C) groups is 1. The maximum absolute atomic E-state index is 10.9. The minimum Gasteiger partial charge on any atom is -0.326 e. The number of carbonyl (C=O) groups excluding carboxylic acids is 1. The van der Waals surface area contributed by atoms with E-state index in [-0.39, 0.29) is 10.9 Å². The van der Waals surface area contributed by atoms with Gasteiger partial charge >= 0.3 is 5.00 Å². The van der Waals surface area contributed by atoms with E-state index in [1.54, 1.807) is 36.5 Å². The van der Waals surface area contributed by atoms with Crippen molar-refractivity contribution in [1.82, 2.24) is 0 Å². The van der Waals surface area contributed by atoms with Gasteiger partial charge in [-0.25, -0.2) is 0 Å². The molecule has 0 aliphatic carbocycles. The van der Waals surface area contributed by atoms with Gasteiger partial charge in [-0.15, -0.1) is 0 Å². The van der Waals surface area contributed by atoms with Crippen molar-refractivity contribution in [1.29, 1.82) is 0 Å². The molecule has 1 heterocycles. The van der Waals surface area contributed by atoms with Crippen LogP contribution in [0.5, 0.6) is 0 Å². The Morgan fingerprint density at radius 2 is 2.00 bits per heavy atom. The number of thiophene rings is 1. The molecule has 0 bridgehead atoms. The van der Waals surface area contributed by atoms with Crippen molar-refractivity contribution in [3.8, 4) is 0 Å². The van der Waals surface area contributed by atoms with Crippen LogP contribution in [0.4, 0.5) is 16.4 Å². The summed E-state index contributed by atoms with van der Waals surface area (Å²) < 4.78 is 0. The molecule has 1 N–H and O–H groups in total. The van der Waals surface area contributed by atoms with Crippen LogP contribution in [0.25, 0.3) is 0 Å². The lowest BCUT2D eigenvalue weighted by Gasteiger charge is -2.01. The number of benzene rings is 1. The van der Waals surface area contributed by atoms with Crippen molar-refractivity contribution in [2.75, 3.05) is 5.32 Å². The average Bonchev–Trinajstić information content (AvgIpc) is 2.86. The second kappa shape index (κ2) is 6.07. The van der Waals surface area contributed by atoms with E-state index >= 15 is 0 Å². The molecule has 0 radical (unpaired) electrons. The molecule has 20 heavy (non-hydrogen) atoms. The molecule has 1 amide bonds. The summed E-state index contributed by atoms with van der Waals surface area (Å²) in [5, 5.41) is 13.3. The van der Waals surface area contributed by atoms with Crippen LogP contribution < -0.4 is 5.32 Å². The summed E-state index contributed by atoms with van der Waals surface area (Å²) in [6.45, 7) is 1.44. The molecule has 102 valence electrons. The van der Waals surface area contributed by atoms with Crippen molar-refractivity contribution < 1.29 is 9.72 Å². The van der Waals surface area contributed by atoms with Crippen molar-refractivity contribution >= 4 is 39.8 Å². The van der Waals surface area contributed by atoms with E-state index in [0.717, 1.165) is 11.3 Å². The van der Waals surface area contributed by atoms with Crippen molar-refractivity contribution in [3.63, 3.8) is 0 Å². The van der Waals surface area contributed by atoms with Crippen LogP contribution in [-0.2, 0) is 4.79 Å². The fraction of sp³-hybridized carbons (Fsp3) is 0.0769. The van der Waals surface area contributed by atoms with Crippen LogP contribution in [0.2, 0.25) is 0 Å². The zero-order valence-electron chi connectivity index (χ0n) is 10.6. The van der Waals surface area contributed by atoms with E-state index in [9.17, 15) is 14.9 Å². The van der Waals surface area contributed by atoms with Crippen LogP contribution >= 0.6 is 11.3 Å². The number of nitrogens with one attached hydrogen (secondary N) is 1. The van der Waals surface area contributed by atoms with Gasteiger partial charge in [0.1, 0.15) is 0 Å². The lowest BCUT2D eigenvalue weighted by atomic mass is 10.3. The predicted molar refractivity (Wildman–Crippen MR) is 79.0 cm³/mol. The third kappa shape index (κ3) is 3.72. The van der Waals surface area contributed by atoms with E-state index < -0.39 is 4.92 Å². The monoisotopic (exact) mass is 289 g/mol. The van der Waals surface area contributed by atoms with Crippen LogP contribution in [-0.4, -0.2) is 17.0 Å². The number of hydrogen-bond donors (Lipinski definition) is 1. The second-order valence-electron chi connectivity index (χ2n) is 3.92. The molecule has 0 spiro atoms. The first-order valence-electron chi connectivity index (χ1n) is 5.70. The normalized spacial score (nSPS) is 10.7. The first-order chi connectivity index (χ1) is 9.54. The highest BCUT2D eigenvalue weighted by Crippen LogP contribution is 2.23. The maximum Gasteiger partial charge on any atom is 0.324 e. The Morgan fingerprint density at radius 3 is 2.55 bits per heavy atom. The molecule has 0 saturated carbocycles. The summed E-state index contributed by atoms with van der Waals surface area (Å²) >= 11 is 1.07. The van der Waals surface area contributed by atoms with E-state index in [0.29, 0.717) is 16.3 Å². The van der Waals surface area contributed by atoms with Gasteiger partial charge in [0, 0.05) is 24.9 Å². The number of rotatable bonds is 4. The highest BCUT2D eigenvalue weighted by Gasteiger charge is 2.07. The molecule has 2 rings (SSSR count). The van der Waals surface area contributed by atoms with E-state index in [1.807, 2.05) is 0 Å². The van der Waals surface area contributed by atoms with E-state index in [4.69, 9.17) is 0 Å². The Hall–Kier alpha value is -2.54. The average molecular weight is 289 g/mol. The largest absolute Gasteiger partial charge is 0.326 e. The van der Waals surface area contributed by atoms with Gasteiger partial charge in [0.05, 0.1) is 15.5 Å². The molecule has 0 atom stereocenters. The summed E-state index contributed by atoms with van der Waals surface area (Å²) in [6, 6.07) is 10.1. The van der Waals surface area contributed by atoms with Crippen LogP contribution in [0, 0.1) is 10.1 Å². The Bertz CT molecular complexity index is 662. The molecular weight excluding hydrogens is 278 g/mol. The Morgan fingerprint density at radius 1 is 1.30 bits per heavy atom. The SMILES string of the molecule is CC(=O)Nc1ccc(N=Cc2ccc([N+](=O)[O-])s2)cc1. The lowest BCUT2D eigenvalue weighted by molar-refractivity contribution is -0.380. The first kappa shape index (κ1) is 13.9. The summed E-state index contributed by atoms with van der Waals surface area (Å²) in [6.07, 6.45) is 1.57. The Labute approximate surface area is 118 Å². The molecular formula is C13H11N3O3S. The van der Waals surface area contributed by atoms with Gasteiger partial charge < -0.3 is 5.32 Å². The van der Waals surface area contributed by atoms with Crippen molar-refractivity contribution in [3.05, 3.63) is 51.4 Å². The van der Waals surface area contributed by atoms with Crippen molar-refractivity contribution in [2.45, 2.75) is 6.92 Å². The topological polar surface area (TPSA) is 84.6 Å². The fourth-order valence-electron chi connectivity index (χ4n) is 1.48. The molecule has 0 saturated heterocycles. The molecule has 2 aromatic rings. The zero-order chi connectivity index (χ0) is 14.5. The van der Waals surface area contributed by atoms with Crippen LogP contribution in [0.1, 0.15) is 11.8 Å². The van der Waals surface area contributed by atoms with Crippen molar-refractivity contribution in [2.24, 2.45) is 4.99 Å². The summed E-state index contributed by atoms with van der Waals surface area (Å²) in [4.78, 5) is 25.9. The fourth-order valence-corrected chi connectivity index (χ4v) is 2.18. The van der Waals surface area contributed by atoms with Gasteiger partial charge in [-0.3, -0.25) is 19.9 Å². The summed E-state index contributed by atoms with van der Waals surface area (Å²) in [5.74, 6) is -0.132. The molecule has 0 fully saturated rings. The van der Waals surface area contributed by atoms with Gasteiger partial charge in [-0.1, -0.05) is 11.3 Å². The molecule has 0 unspecified atom stereocenters. The van der Waals surface area contributed by atoms with Crippen LogP contribution in [0.3, 0.4) is 0 Å². The zero-order valence-corrected chi connectivity index (χ0v) is 11.4. The van der Waals surface area contributed by atoms with E-state index in [2.05, 4.69) is 10.3 Å². The Kier molecular flexibility index (Phi) is 4.21. The third-order valence-electron chi connectivity index (χ3n) is 2.32. The van der Waals surface area contributed by atoms with Gasteiger partial charge in [-0.05, 0) is 30.3 Å². The summed E-state index contributed by atoms with van der Waals surface area (Å²) in [5.41, 5.74) is 1.40. The molecule has 0 aliphatic rings. The molecule has 1 aromatic carbocycles. The molecule has 6 nitrogen and oxygen atoms in total. The standard InChI is InChI=1S/C13H11N3O3S/c1-9(17)15-11-4-2-10(3-5-11)14-8-12-6-7-13(20-12)16(18)19/h2-8H,1H3,(H,15,17). The number of nitrogens with zero attached hydrogens (tertiary/aromatic N) is 2. The van der Waals surface area contributed by atoms with Crippen LogP contribution in [0.15, 0.2) is 41.4 Å². The van der Waals surface area contributed by atoms with Gasteiger partial charge in [-0.2, -0.15) is 0 Å². The maximum atomic E-state index is 10.9. The second-order valence-corrected chi connectivity index (χ2v) is 5.01. The van der Waals surface area contributed by atoms with E-state index in [1.165, 1.54) is 13.0 Å².